The Bertz CT molecular complexity index is 1800. The second-order valence-electron chi connectivity index (χ2n) is 16.1. The highest BCUT2D eigenvalue weighted by atomic mass is 79.9. The first-order valence-electron chi connectivity index (χ1n) is 17.0. The fourth-order valence-corrected chi connectivity index (χ4v) is 8.21. The number of amides is 2. The highest BCUT2D eigenvalue weighted by molar-refractivity contribution is 9.10. The predicted molar refractivity (Wildman–Crippen MR) is 194 cm³/mol. The van der Waals surface area contributed by atoms with Crippen LogP contribution in [0.25, 0.3) is 0 Å². The summed E-state index contributed by atoms with van der Waals surface area (Å²) in [5.74, 6) is 0.274. The maximum Gasteiger partial charge on any atom is 0.410 e. The number of benzene rings is 2. The molecule has 2 aromatic rings. The van der Waals surface area contributed by atoms with Crippen LogP contribution in [0.15, 0.2) is 40.9 Å². The second kappa shape index (κ2) is 13.6. The van der Waals surface area contributed by atoms with Gasteiger partial charge in [-0.05, 0) is 115 Å². The molecule has 50 heavy (non-hydrogen) atoms. The average molecular weight is 775 g/mol. The van der Waals surface area contributed by atoms with E-state index in [4.69, 9.17) is 9.47 Å². The van der Waals surface area contributed by atoms with Gasteiger partial charge in [-0.15, -0.1) is 0 Å². The van der Waals surface area contributed by atoms with Crippen molar-refractivity contribution >= 4 is 55.4 Å². The first-order chi connectivity index (χ1) is 23.1. The fourth-order valence-electron chi connectivity index (χ4n) is 7.29. The van der Waals surface area contributed by atoms with Crippen LogP contribution >= 0.6 is 15.9 Å². The normalized spacial score (nSPS) is 19.4. The Kier molecular flexibility index (Phi) is 10.3. The molecule has 2 amide bonds. The molecule has 2 spiro atoms. The Morgan fingerprint density at radius 1 is 0.720 bits per heavy atom. The Morgan fingerprint density at radius 3 is 1.52 bits per heavy atom. The first kappa shape index (κ1) is 37.8. The number of carbonyl (C=O) groups excluding carboxylic acids is 4. The number of halogens is 1. The standard InChI is InChI=1S/C19H26N2O5S.C18H22BrNO3/c1-18(2,3)26-17(23)21-9-7-19(8-10-21)12-13-5-6-14(20-27(4,24)25)11-15(13)16(19)22;1-17(2,3)23-16(22)20-8-6-18(7-9-20)11-12-4-5-13(19)10-14(12)15(18)21/h5-6,11,20H,7-10,12H2,1-4H3;4-5,10H,6-9,11H2,1-3H3. The Morgan fingerprint density at radius 2 is 1.12 bits per heavy atom. The highest BCUT2D eigenvalue weighted by Gasteiger charge is 2.49. The predicted octanol–water partition coefficient (Wildman–Crippen LogP) is 7.02. The van der Waals surface area contributed by atoms with Gasteiger partial charge in [0.2, 0.25) is 10.0 Å². The van der Waals surface area contributed by atoms with Gasteiger partial charge in [-0.3, -0.25) is 14.3 Å². The number of carbonyl (C=O) groups is 4. The van der Waals surface area contributed by atoms with Gasteiger partial charge in [0.05, 0.1) is 6.26 Å². The van der Waals surface area contributed by atoms with E-state index < -0.39 is 26.6 Å². The molecular weight excluding hydrogens is 726 g/mol. The van der Waals surface area contributed by atoms with Crippen LogP contribution in [0.5, 0.6) is 0 Å². The Labute approximate surface area is 303 Å². The summed E-state index contributed by atoms with van der Waals surface area (Å²) in [6, 6.07) is 11.1. The Balaban J connectivity index is 0.000000197. The van der Waals surface area contributed by atoms with Gasteiger partial charge in [0.1, 0.15) is 11.2 Å². The molecule has 13 heteroatoms. The maximum absolute atomic E-state index is 13.1. The van der Waals surface area contributed by atoms with Gasteiger partial charge in [-0.1, -0.05) is 28.1 Å². The minimum atomic E-state index is -3.40. The zero-order chi connectivity index (χ0) is 36.9. The molecule has 11 nitrogen and oxygen atoms in total. The van der Waals surface area contributed by atoms with Gasteiger partial charge in [-0.2, -0.15) is 0 Å². The lowest BCUT2D eigenvalue weighted by atomic mass is 9.75. The number of hydrogen-bond donors (Lipinski definition) is 1. The van der Waals surface area contributed by atoms with Crippen molar-refractivity contribution in [2.75, 3.05) is 37.2 Å². The average Bonchev–Trinajstić information content (AvgIpc) is 3.41. The molecule has 0 unspecified atom stereocenters. The fraction of sp³-hybridized carbons (Fsp3) is 0.568. The van der Waals surface area contributed by atoms with E-state index in [2.05, 4.69) is 20.7 Å². The summed E-state index contributed by atoms with van der Waals surface area (Å²) in [7, 11) is -3.40. The van der Waals surface area contributed by atoms with Crippen molar-refractivity contribution in [2.24, 2.45) is 10.8 Å². The number of fused-ring (bicyclic) bond motifs is 2. The number of sulfonamides is 1. The van der Waals surface area contributed by atoms with Crippen LogP contribution in [0, 0.1) is 10.8 Å². The number of likely N-dealkylation sites (tertiary alicyclic amines) is 2. The van der Waals surface area contributed by atoms with Crippen molar-refractivity contribution < 1.29 is 37.1 Å². The summed E-state index contributed by atoms with van der Waals surface area (Å²) >= 11 is 3.44. The number of nitrogens with one attached hydrogen (secondary N) is 1. The number of ether oxygens (including phenoxy) is 2. The monoisotopic (exact) mass is 773 g/mol. The van der Waals surface area contributed by atoms with Gasteiger partial charge >= 0.3 is 12.2 Å². The molecule has 0 bridgehead atoms. The molecule has 272 valence electrons. The van der Waals surface area contributed by atoms with Crippen LogP contribution in [-0.4, -0.2) is 85.6 Å². The van der Waals surface area contributed by atoms with Gasteiger partial charge in [0, 0.05) is 58.3 Å². The summed E-state index contributed by atoms with van der Waals surface area (Å²) in [5, 5.41) is 0. The number of rotatable bonds is 2. The van der Waals surface area contributed by atoms with Crippen LogP contribution in [0.1, 0.15) is 99.1 Å². The zero-order valence-electron chi connectivity index (χ0n) is 30.0. The van der Waals surface area contributed by atoms with Gasteiger partial charge in [0.15, 0.2) is 11.6 Å². The van der Waals surface area contributed by atoms with Crippen molar-refractivity contribution in [3.05, 3.63) is 63.1 Å². The molecule has 2 fully saturated rings. The number of ketones is 2. The van der Waals surface area contributed by atoms with Crippen molar-refractivity contribution in [1.29, 1.82) is 0 Å². The number of anilines is 1. The molecule has 2 aromatic carbocycles. The van der Waals surface area contributed by atoms with E-state index in [1.54, 1.807) is 21.9 Å². The first-order valence-corrected chi connectivity index (χ1v) is 19.7. The lowest BCUT2D eigenvalue weighted by molar-refractivity contribution is 0.0108. The zero-order valence-corrected chi connectivity index (χ0v) is 32.4. The minimum absolute atomic E-state index is 0.0403. The summed E-state index contributed by atoms with van der Waals surface area (Å²) < 4.78 is 37.1. The summed E-state index contributed by atoms with van der Waals surface area (Å²) in [5.41, 5.74) is 2.00. The quantitative estimate of drug-likeness (QED) is 0.344. The molecule has 0 saturated carbocycles. The highest BCUT2D eigenvalue weighted by Crippen LogP contribution is 2.46. The number of nitrogens with zero attached hydrogens (tertiary/aromatic N) is 2. The molecule has 2 heterocycles. The number of Topliss-reactive ketones (excluding diaryl/α,β-unsaturated/α-hetero) is 2. The third kappa shape index (κ3) is 8.53. The molecule has 4 aliphatic rings. The number of piperidine rings is 2. The topological polar surface area (TPSA) is 139 Å². The van der Waals surface area contributed by atoms with Gasteiger partial charge in [0.25, 0.3) is 0 Å². The molecule has 0 atom stereocenters. The van der Waals surface area contributed by atoms with Crippen LogP contribution in [-0.2, 0) is 32.3 Å². The van der Waals surface area contributed by atoms with E-state index in [1.165, 1.54) is 0 Å². The molecule has 0 radical (unpaired) electrons. The van der Waals surface area contributed by atoms with Crippen molar-refractivity contribution in [2.45, 2.75) is 91.3 Å². The van der Waals surface area contributed by atoms with Gasteiger partial charge < -0.3 is 19.3 Å². The van der Waals surface area contributed by atoms with E-state index >= 15 is 0 Å². The van der Waals surface area contributed by atoms with E-state index in [0.29, 0.717) is 69.5 Å². The summed E-state index contributed by atoms with van der Waals surface area (Å²) in [4.78, 5) is 53.8. The molecule has 0 aromatic heterocycles. The summed E-state index contributed by atoms with van der Waals surface area (Å²) in [6.07, 6.45) is 4.44. The second-order valence-corrected chi connectivity index (χ2v) is 18.7. The van der Waals surface area contributed by atoms with E-state index in [0.717, 1.165) is 33.8 Å². The smallest absolute Gasteiger partial charge is 0.410 e. The molecule has 2 saturated heterocycles. The van der Waals surface area contributed by atoms with Crippen molar-refractivity contribution in [3.63, 3.8) is 0 Å². The minimum Gasteiger partial charge on any atom is -0.444 e. The number of hydrogen-bond acceptors (Lipinski definition) is 8. The Hall–Kier alpha value is -3.45. The summed E-state index contributed by atoms with van der Waals surface area (Å²) in [6.45, 7) is 13.2. The van der Waals surface area contributed by atoms with E-state index in [1.807, 2.05) is 65.8 Å². The largest absolute Gasteiger partial charge is 0.444 e. The maximum atomic E-state index is 13.1. The molecule has 6 rings (SSSR count). The van der Waals surface area contributed by atoms with Crippen molar-refractivity contribution in [3.8, 4) is 0 Å². The van der Waals surface area contributed by atoms with E-state index in [-0.39, 0.29) is 29.2 Å². The van der Waals surface area contributed by atoms with Crippen LogP contribution < -0.4 is 4.72 Å². The van der Waals surface area contributed by atoms with Crippen LogP contribution in [0.4, 0.5) is 15.3 Å². The van der Waals surface area contributed by atoms with Crippen LogP contribution in [0.3, 0.4) is 0 Å². The third-order valence-corrected chi connectivity index (χ3v) is 10.8. The SMILES string of the molecule is CC(C)(C)OC(=O)N1CCC2(CC1)Cc1ccc(Br)cc1C2=O.CC(C)(C)OC(=O)N1CCC2(CC1)Cc1ccc(NS(C)(=O)=O)cc1C2=O. The molecule has 2 aliphatic carbocycles. The lowest BCUT2D eigenvalue weighted by Gasteiger charge is -2.38. The van der Waals surface area contributed by atoms with Crippen LogP contribution in [0.2, 0.25) is 0 Å². The lowest BCUT2D eigenvalue weighted by Crippen LogP contribution is -2.47. The molecular formula is C37H48BrN3O8S. The van der Waals surface area contributed by atoms with E-state index in [9.17, 15) is 27.6 Å². The molecule has 1 N–H and O–H groups in total. The van der Waals surface area contributed by atoms with Crippen molar-refractivity contribution in [1.82, 2.24) is 9.80 Å². The molecule has 2 aliphatic heterocycles. The van der Waals surface area contributed by atoms with Gasteiger partial charge in [-0.25, -0.2) is 18.0 Å². The third-order valence-electron chi connectivity index (χ3n) is 9.74.